The summed E-state index contributed by atoms with van der Waals surface area (Å²) in [5.41, 5.74) is 3.15. The Balaban J connectivity index is 1.59. The van der Waals surface area contributed by atoms with E-state index < -0.39 is 0 Å². The molecule has 1 aliphatic heterocycles. The molecule has 1 aromatic carbocycles. The second-order valence-electron chi connectivity index (χ2n) is 6.67. The van der Waals surface area contributed by atoms with Gasteiger partial charge >= 0.3 is 0 Å². The fraction of sp³-hybridized carbons (Fsp3) is 0.286. The van der Waals surface area contributed by atoms with Crippen molar-refractivity contribution in [1.29, 1.82) is 0 Å². The molecule has 0 radical (unpaired) electrons. The van der Waals surface area contributed by atoms with Crippen LogP contribution in [0.5, 0.6) is 0 Å². The maximum atomic E-state index is 14.3. The van der Waals surface area contributed by atoms with Gasteiger partial charge in [-0.1, -0.05) is 18.2 Å². The zero-order valence-corrected chi connectivity index (χ0v) is 14.6. The van der Waals surface area contributed by atoms with Crippen molar-refractivity contribution in [3.05, 3.63) is 78.3 Å². The summed E-state index contributed by atoms with van der Waals surface area (Å²) < 4.78 is 14.3. The number of hydrogen-bond acceptors (Lipinski definition) is 4. The third kappa shape index (κ3) is 3.63. The molecule has 1 atom stereocenters. The Morgan fingerprint density at radius 3 is 2.65 bits per heavy atom. The minimum absolute atomic E-state index is 0.246. The van der Waals surface area contributed by atoms with E-state index in [4.69, 9.17) is 0 Å². The molecule has 0 N–H and O–H groups in total. The van der Waals surface area contributed by atoms with E-state index in [0.29, 0.717) is 11.3 Å². The Labute approximate surface area is 152 Å². The number of likely N-dealkylation sites (tertiary alicyclic amines) is 1. The molecule has 5 heteroatoms. The smallest absolute Gasteiger partial charge is 0.132 e. The van der Waals surface area contributed by atoms with Crippen LogP contribution < -0.4 is 0 Å². The van der Waals surface area contributed by atoms with Crippen molar-refractivity contribution in [1.82, 2.24) is 19.9 Å². The fourth-order valence-corrected chi connectivity index (χ4v) is 3.65. The van der Waals surface area contributed by atoms with Crippen LogP contribution in [0.25, 0.3) is 11.3 Å². The number of benzene rings is 1. The first-order valence-corrected chi connectivity index (χ1v) is 8.99. The monoisotopic (exact) mass is 348 g/mol. The van der Waals surface area contributed by atoms with Crippen LogP contribution in [0.4, 0.5) is 4.39 Å². The summed E-state index contributed by atoms with van der Waals surface area (Å²) in [7, 11) is 0. The van der Waals surface area contributed by atoms with Crippen molar-refractivity contribution in [2.45, 2.75) is 25.3 Å². The Kier molecular flexibility index (Phi) is 4.97. The molecule has 3 aromatic rings. The number of piperidine rings is 1. The molecule has 132 valence electrons. The third-order valence-corrected chi connectivity index (χ3v) is 4.86. The highest BCUT2D eigenvalue weighted by Gasteiger charge is 2.26. The Hall–Kier alpha value is -2.66. The highest BCUT2D eigenvalue weighted by molar-refractivity contribution is 5.62. The average Bonchev–Trinajstić information content (AvgIpc) is 2.69. The highest BCUT2D eigenvalue weighted by atomic mass is 19.1. The van der Waals surface area contributed by atoms with Crippen molar-refractivity contribution in [3.63, 3.8) is 0 Å². The molecule has 0 aliphatic carbocycles. The second kappa shape index (κ2) is 7.70. The van der Waals surface area contributed by atoms with E-state index in [2.05, 4.69) is 25.9 Å². The second-order valence-corrected chi connectivity index (χ2v) is 6.67. The zero-order valence-electron chi connectivity index (χ0n) is 14.6. The first-order valence-electron chi connectivity index (χ1n) is 8.99. The zero-order chi connectivity index (χ0) is 17.8. The Bertz CT molecular complexity index is 869. The Morgan fingerprint density at radius 1 is 0.962 bits per heavy atom. The highest BCUT2D eigenvalue weighted by Crippen LogP contribution is 2.33. The van der Waals surface area contributed by atoms with E-state index in [9.17, 15) is 4.39 Å². The number of pyridine rings is 1. The molecule has 1 saturated heterocycles. The van der Waals surface area contributed by atoms with Crippen LogP contribution in [-0.4, -0.2) is 32.9 Å². The predicted octanol–water partition coefficient (Wildman–Crippen LogP) is 4.06. The van der Waals surface area contributed by atoms with Gasteiger partial charge in [-0.25, -0.2) is 4.39 Å². The number of hydrogen-bond donors (Lipinski definition) is 0. The first kappa shape index (κ1) is 16.8. The first-order chi connectivity index (χ1) is 12.8. The maximum Gasteiger partial charge on any atom is 0.132 e. The van der Waals surface area contributed by atoms with Crippen molar-refractivity contribution < 1.29 is 4.39 Å². The molecule has 3 heterocycles. The number of nitrogens with zero attached hydrogens (tertiary/aromatic N) is 4. The summed E-state index contributed by atoms with van der Waals surface area (Å²) in [6.45, 7) is 2.76. The van der Waals surface area contributed by atoms with Gasteiger partial charge < -0.3 is 0 Å². The molecule has 1 fully saturated rings. The minimum Gasteiger partial charge on any atom is -0.297 e. The van der Waals surface area contributed by atoms with Crippen LogP contribution in [0.2, 0.25) is 0 Å². The summed E-state index contributed by atoms with van der Waals surface area (Å²) in [5.74, 6) is -0.00818. The summed E-state index contributed by atoms with van der Waals surface area (Å²) in [5, 5.41) is 0. The van der Waals surface area contributed by atoms with E-state index in [1.165, 1.54) is 6.07 Å². The normalized spacial score (nSPS) is 18.0. The van der Waals surface area contributed by atoms with E-state index in [1.807, 2.05) is 24.4 Å². The molecular weight excluding hydrogens is 327 g/mol. The topological polar surface area (TPSA) is 41.9 Å². The van der Waals surface area contributed by atoms with Gasteiger partial charge in [0.15, 0.2) is 0 Å². The van der Waals surface area contributed by atoms with Crippen LogP contribution in [0.3, 0.4) is 0 Å². The van der Waals surface area contributed by atoms with Gasteiger partial charge in [-0.2, -0.15) is 0 Å². The molecule has 0 spiro atoms. The van der Waals surface area contributed by atoms with Crippen LogP contribution in [-0.2, 0) is 6.54 Å². The van der Waals surface area contributed by atoms with Crippen molar-refractivity contribution >= 4 is 0 Å². The number of halogens is 1. The fourth-order valence-electron chi connectivity index (χ4n) is 3.65. The van der Waals surface area contributed by atoms with E-state index in [-0.39, 0.29) is 11.7 Å². The SMILES string of the molecule is Fc1ccccc1-c1nccnc1[C@@H]1CCCN(Cc2ccccn2)C1. The van der Waals surface area contributed by atoms with Crippen LogP contribution >= 0.6 is 0 Å². The molecule has 0 saturated carbocycles. The quantitative estimate of drug-likeness (QED) is 0.713. The molecular formula is C21H21FN4. The van der Waals surface area contributed by atoms with Gasteiger partial charge in [0.2, 0.25) is 0 Å². The molecule has 0 bridgehead atoms. The summed E-state index contributed by atoms with van der Waals surface area (Å²) in [6, 6.07) is 12.8. The lowest BCUT2D eigenvalue weighted by Crippen LogP contribution is -2.34. The van der Waals surface area contributed by atoms with Gasteiger partial charge in [0.1, 0.15) is 5.82 Å². The maximum absolute atomic E-state index is 14.3. The molecule has 4 nitrogen and oxygen atoms in total. The average molecular weight is 348 g/mol. The van der Waals surface area contributed by atoms with Crippen molar-refractivity contribution in [2.24, 2.45) is 0 Å². The van der Waals surface area contributed by atoms with E-state index in [1.54, 1.807) is 24.5 Å². The van der Waals surface area contributed by atoms with Crippen LogP contribution in [0.15, 0.2) is 61.1 Å². The van der Waals surface area contributed by atoms with E-state index >= 15 is 0 Å². The van der Waals surface area contributed by atoms with Gasteiger partial charge in [-0.3, -0.25) is 19.9 Å². The van der Waals surface area contributed by atoms with Gasteiger partial charge in [0.25, 0.3) is 0 Å². The summed E-state index contributed by atoms with van der Waals surface area (Å²) in [6.07, 6.45) is 7.30. The molecule has 1 aliphatic rings. The lowest BCUT2D eigenvalue weighted by atomic mass is 9.91. The molecule has 4 rings (SSSR count). The van der Waals surface area contributed by atoms with Gasteiger partial charge in [-0.15, -0.1) is 0 Å². The summed E-state index contributed by atoms with van der Waals surface area (Å²) >= 11 is 0. The van der Waals surface area contributed by atoms with Crippen LogP contribution in [0.1, 0.15) is 30.1 Å². The molecule has 2 aromatic heterocycles. The standard InChI is InChI=1S/C21H21FN4/c22-19-9-2-1-8-18(19)21-20(24-11-12-25-21)16-6-5-13-26(14-16)15-17-7-3-4-10-23-17/h1-4,7-12,16H,5-6,13-15H2/t16-/m1/s1. The van der Waals surface area contributed by atoms with Crippen LogP contribution in [0, 0.1) is 5.82 Å². The minimum atomic E-state index is -0.254. The molecule has 0 unspecified atom stereocenters. The largest absolute Gasteiger partial charge is 0.297 e. The number of rotatable bonds is 4. The van der Waals surface area contributed by atoms with Gasteiger partial charge in [-0.05, 0) is 43.7 Å². The third-order valence-electron chi connectivity index (χ3n) is 4.86. The number of aromatic nitrogens is 3. The van der Waals surface area contributed by atoms with Crippen molar-refractivity contribution in [2.75, 3.05) is 13.1 Å². The molecule has 26 heavy (non-hydrogen) atoms. The van der Waals surface area contributed by atoms with Gasteiger partial charge in [0.05, 0.1) is 17.1 Å². The summed E-state index contributed by atoms with van der Waals surface area (Å²) in [4.78, 5) is 15.9. The lowest BCUT2D eigenvalue weighted by molar-refractivity contribution is 0.196. The van der Waals surface area contributed by atoms with Crippen molar-refractivity contribution in [3.8, 4) is 11.3 Å². The molecule has 0 amide bonds. The predicted molar refractivity (Wildman–Crippen MR) is 98.9 cm³/mol. The van der Waals surface area contributed by atoms with E-state index in [0.717, 1.165) is 43.9 Å². The van der Waals surface area contributed by atoms with Gasteiger partial charge in [0, 0.05) is 43.2 Å². The Morgan fingerprint density at radius 2 is 1.81 bits per heavy atom. The lowest BCUT2D eigenvalue weighted by Gasteiger charge is -2.32.